The third kappa shape index (κ3) is 3.81. The number of amides is 1. The van der Waals surface area contributed by atoms with Gasteiger partial charge in [0.15, 0.2) is 0 Å². The van der Waals surface area contributed by atoms with Gasteiger partial charge in [-0.2, -0.15) is 0 Å². The van der Waals surface area contributed by atoms with E-state index < -0.39 is 0 Å². The third-order valence-corrected chi connectivity index (χ3v) is 5.53. The van der Waals surface area contributed by atoms with Gasteiger partial charge in [-0.15, -0.1) is 0 Å². The molecule has 4 heteroatoms. The number of hydrogen-bond acceptors (Lipinski definition) is 3. The van der Waals surface area contributed by atoms with Crippen molar-refractivity contribution in [3.63, 3.8) is 0 Å². The standard InChI is InChI=1S/C22H26N2O2/c1-16-7-5-6-10-18(16)13-24-14-19-11-20(21(15-24)26-19)22(25)23-12-17-8-3-2-4-9-17/h2-10,19-21H,11-15H2,1H3,(H,23,25)/t19-,20+,21-/m0/s1. The van der Waals surface area contributed by atoms with Gasteiger partial charge in [-0.3, -0.25) is 9.69 Å². The molecule has 0 radical (unpaired) electrons. The normalized spacial score (nSPS) is 25.2. The summed E-state index contributed by atoms with van der Waals surface area (Å²) in [6, 6.07) is 18.6. The number of nitrogens with zero attached hydrogens (tertiary/aromatic N) is 1. The van der Waals surface area contributed by atoms with E-state index in [-0.39, 0.29) is 24.0 Å². The Balaban J connectivity index is 1.35. The molecule has 2 bridgehead atoms. The van der Waals surface area contributed by atoms with Gasteiger partial charge in [-0.05, 0) is 30.0 Å². The zero-order valence-corrected chi connectivity index (χ0v) is 15.2. The van der Waals surface area contributed by atoms with Crippen LogP contribution in [0.1, 0.15) is 23.1 Å². The SMILES string of the molecule is Cc1ccccc1CN1C[C@@H]2C[C@@H](C(=O)NCc3ccccc3)[C@H](C1)O2. The Morgan fingerprint density at radius 2 is 1.88 bits per heavy atom. The Hall–Kier alpha value is -2.17. The predicted octanol–water partition coefficient (Wildman–Crippen LogP) is 2.90. The maximum atomic E-state index is 12.7. The average molecular weight is 350 g/mol. The molecular weight excluding hydrogens is 324 g/mol. The molecule has 3 atom stereocenters. The van der Waals surface area contributed by atoms with Crippen molar-refractivity contribution in [2.24, 2.45) is 5.92 Å². The van der Waals surface area contributed by atoms with Gasteiger partial charge in [0.2, 0.25) is 5.91 Å². The number of carbonyl (C=O) groups excluding carboxylic acids is 1. The molecular formula is C22H26N2O2. The van der Waals surface area contributed by atoms with Crippen LogP contribution in [0.5, 0.6) is 0 Å². The van der Waals surface area contributed by atoms with E-state index >= 15 is 0 Å². The molecule has 1 amide bonds. The minimum absolute atomic E-state index is 0.00791. The number of rotatable bonds is 5. The smallest absolute Gasteiger partial charge is 0.226 e. The first-order chi connectivity index (χ1) is 12.7. The van der Waals surface area contributed by atoms with Gasteiger partial charge < -0.3 is 10.1 Å². The molecule has 2 aliphatic rings. The maximum Gasteiger partial charge on any atom is 0.226 e. The van der Waals surface area contributed by atoms with Crippen molar-refractivity contribution < 1.29 is 9.53 Å². The summed E-state index contributed by atoms with van der Waals surface area (Å²) in [6.07, 6.45) is 1.01. The monoisotopic (exact) mass is 350 g/mol. The predicted molar refractivity (Wildman–Crippen MR) is 102 cm³/mol. The number of nitrogens with one attached hydrogen (secondary N) is 1. The van der Waals surface area contributed by atoms with E-state index in [1.807, 2.05) is 30.3 Å². The van der Waals surface area contributed by atoms with Crippen molar-refractivity contribution in [1.29, 1.82) is 0 Å². The number of hydrogen-bond donors (Lipinski definition) is 1. The third-order valence-electron chi connectivity index (χ3n) is 5.53. The highest BCUT2D eigenvalue weighted by atomic mass is 16.5. The fourth-order valence-corrected chi connectivity index (χ4v) is 4.09. The molecule has 0 spiro atoms. The number of ether oxygens (including phenoxy) is 1. The van der Waals surface area contributed by atoms with Crippen LogP contribution >= 0.6 is 0 Å². The summed E-state index contributed by atoms with van der Waals surface area (Å²) in [6.45, 7) is 5.41. The largest absolute Gasteiger partial charge is 0.371 e. The number of carbonyl (C=O) groups is 1. The van der Waals surface area contributed by atoms with Crippen molar-refractivity contribution >= 4 is 5.91 Å². The van der Waals surface area contributed by atoms with Crippen LogP contribution in [-0.2, 0) is 22.6 Å². The Labute approximate surface area is 155 Å². The summed E-state index contributed by atoms with van der Waals surface area (Å²) in [5.74, 6) is 0.0877. The van der Waals surface area contributed by atoms with Crippen LogP contribution in [0.3, 0.4) is 0 Å². The molecule has 2 aromatic rings. The molecule has 0 aromatic heterocycles. The van der Waals surface area contributed by atoms with Crippen LogP contribution in [0, 0.1) is 12.8 Å². The van der Waals surface area contributed by atoms with Gasteiger partial charge in [-0.1, -0.05) is 54.6 Å². The lowest BCUT2D eigenvalue weighted by Gasteiger charge is -2.33. The summed E-state index contributed by atoms with van der Waals surface area (Å²) >= 11 is 0. The van der Waals surface area contributed by atoms with Crippen molar-refractivity contribution in [2.45, 2.75) is 38.6 Å². The van der Waals surface area contributed by atoms with E-state index in [2.05, 4.69) is 41.4 Å². The van der Waals surface area contributed by atoms with E-state index in [9.17, 15) is 4.79 Å². The second-order valence-corrected chi connectivity index (χ2v) is 7.46. The quantitative estimate of drug-likeness (QED) is 0.902. The molecule has 136 valence electrons. The summed E-state index contributed by atoms with van der Waals surface area (Å²) in [5, 5.41) is 3.09. The van der Waals surface area contributed by atoms with E-state index in [1.54, 1.807) is 0 Å². The van der Waals surface area contributed by atoms with Crippen molar-refractivity contribution in [3.05, 3.63) is 71.3 Å². The van der Waals surface area contributed by atoms with Gasteiger partial charge >= 0.3 is 0 Å². The Kier molecular flexibility index (Phi) is 5.05. The lowest BCUT2D eigenvalue weighted by molar-refractivity contribution is -0.128. The Morgan fingerprint density at radius 1 is 1.12 bits per heavy atom. The van der Waals surface area contributed by atoms with Gasteiger partial charge in [-0.25, -0.2) is 0 Å². The van der Waals surface area contributed by atoms with Gasteiger partial charge in [0.25, 0.3) is 0 Å². The molecule has 0 saturated carbocycles. The molecule has 0 unspecified atom stereocenters. The minimum atomic E-state index is -0.0365. The first-order valence-electron chi connectivity index (χ1n) is 9.43. The average Bonchev–Trinajstić information content (AvgIpc) is 2.97. The molecule has 26 heavy (non-hydrogen) atoms. The Bertz CT molecular complexity index is 762. The number of benzene rings is 2. The first-order valence-corrected chi connectivity index (χ1v) is 9.43. The molecule has 2 fully saturated rings. The van der Waals surface area contributed by atoms with E-state index in [0.29, 0.717) is 6.54 Å². The van der Waals surface area contributed by atoms with Crippen molar-refractivity contribution in [3.8, 4) is 0 Å². The first kappa shape index (κ1) is 17.3. The van der Waals surface area contributed by atoms with Crippen LogP contribution < -0.4 is 5.32 Å². The lowest BCUT2D eigenvalue weighted by atomic mass is 9.99. The maximum absolute atomic E-state index is 12.7. The molecule has 4 rings (SSSR count). The second-order valence-electron chi connectivity index (χ2n) is 7.46. The number of morpholine rings is 1. The summed E-state index contributed by atoms with van der Waals surface area (Å²) in [4.78, 5) is 15.1. The van der Waals surface area contributed by atoms with Crippen molar-refractivity contribution in [1.82, 2.24) is 10.2 Å². The Morgan fingerprint density at radius 3 is 2.69 bits per heavy atom. The molecule has 1 N–H and O–H groups in total. The summed E-state index contributed by atoms with van der Waals surface area (Å²) < 4.78 is 6.08. The zero-order valence-electron chi connectivity index (χ0n) is 15.2. The van der Waals surface area contributed by atoms with E-state index in [4.69, 9.17) is 4.74 Å². The highest BCUT2D eigenvalue weighted by Gasteiger charge is 2.44. The van der Waals surface area contributed by atoms with E-state index in [0.717, 1.165) is 31.6 Å². The lowest BCUT2D eigenvalue weighted by Crippen LogP contribution is -2.45. The molecule has 2 aromatic carbocycles. The number of likely N-dealkylation sites (tertiary alicyclic amines) is 1. The summed E-state index contributed by atoms with van der Waals surface area (Å²) in [5.41, 5.74) is 3.81. The van der Waals surface area contributed by atoms with Crippen LogP contribution in [0.15, 0.2) is 54.6 Å². The molecule has 0 aliphatic carbocycles. The van der Waals surface area contributed by atoms with Gasteiger partial charge in [0, 0.05) is 26.2 Å². The van der Waals surface area contributed by atoms with Crippen LogP contribution in [0.4, 0.5) is 0 Å². The van der Waals surface area contributed by atoms with Gasteiger partial charge in [0.1, 0.15) is 0 Å². The molecule has 2 heterocycles. The number of aryl methyl sites for hydroxylation is 1. The fourth-order valence-electron chi connectivity index (χ4n) is 4.09. The van der Waals surface area contributed by atoms with Crippen molar-refractivity contribution in [2.75, 3.05) is 13.1 Å². The van der Waals surface area contributed by atoms with E-state index in [1.165, 1.54) is 11.1 Å². The molecule has 4 nitrogen and oxygen atoms in total. The topological polar surface area (TPSA) is 41.6 Å². The van der Waals surface area contributed by atoms with Crippen LogP contribution in [0.25, 0.3) is 0 Å². The second kappa shape index (κ2) is 7.60. The van der Waals surface area contributed by atoms with Gasteiger partial charge in [0.05, 0.1) is 18.1 Å². The summed E-state index contributed by atoms with van der Waals surface area (Å²) in [7, 11) is 0. The highest BCUT2D eigenvalue weighted by molar-refractivity contribution is 5.79. The van der Waals surface area contributed by atoms with Crippen LogP contribution in [0.2, 0.25) is 0 Å². The number of fused-ring (bicyclic) bond motifs is 2. The molecule has 2 aliphatic heterocycles. The minimum Gasteiger partial charge on any atom is -0.371 e. The highest BCUT2D eigenvalue weighted by Crippen LogP contribution is 2.33. The fraction of sp³-hybridized carbons (Fsp3) is 0.409. The van der Waals surface area contributed by atoms with Crippen LogP contribution in [-0.4, -0.2) is 36.1 Å². The molecule has 2 saturated heterocycles. The zero-order chi connectivity index (χ0) is 17.9.